The number of hydrogen-bond donors (Lipinski definition) is 1. The minimum absolute atomic E-state index is 0.0618. The van der Waals surface area contributed by atoms with E-state index in [1.165, 1.54) is 0 Å². The normalized spacial score (nSPS) is 19.5. The predicted molar refractivity (Wildman–Crippen MR) is 46.9 cm³/mol. The zero-order chi connectivity index (χ0) is 9.64. The van der Waals surface area contributed by atoms with E-state index in [9.17, 15) is 8.78 Å². The number of aryl methyl sites for hydroxylation is 1. The van der Waals surface area contributed by atoms with E-state index < -0.39 is 6.43 Å². The van der Waals surface area contributed by atoms with Gasteiger partial charge >= 0.3 is 0 Å². The summed E-state index contributed by atoms with van der Waals surface area (Å²) >= 11 is 1.05. The largest absolute Gasteiger partial charge is 0.319 e. The zero-order valence-electron chi connectivity index (χ0n) is 7.18. The molecule has 1 heterocycles. The second-order valence-electron chi connectivity index (χ2n) is 3.43. The third-order valence-electron chi connectivity index (χ3n) is 2.25. The van der Waals surface area contributed by atoms with Crippen molar-refractivity contribution in [2.45, 2.75) is 31.7 Å². The number of alkyl halides is 2. The number of halogens is 2. The van der Waals surface area contributed by atoms with Gasteiger partial charge in [-0.3, -0.25) is 0 Å². The third-order valence-corrected chi connectivity index (χ3v) is 3.63. The molecule has 0 unspecified atom stereocenters. The van der Waals surface area contributed by atoms with Gasteiger partial charge in [0.1, 0.15) is 5.01 Å². The minimum Gasteiger partial charge on any atom is -0.319 e. The van der Waals surface area contributed by atoms with Gasteiger partial charge in [0.25, 0.3) is 6.43 Å². The Kier molecular flexibility index (Phi) is 1.89. The van der Waals surface area contributed by atoms with Crippen LogP contribution >= 0.6 is 11.3 Å². The molecule has 0 spiro atoms. The van der Waals surface area contributed by atoms with Gasteiger partial charge in [0, 0.05) is 0 Å². The maximum Gasteiger partial charge on any atom is 0.274 e. The molecule has 0 radical (unpaired) electrons. The molecule has 1 aromatic rings. The van der Waals surface area contributed by atoms with Crippen LogP contribution in [0.1, 0.15) is 34.8 Å². The van der Waals surface area contributed by atoms with Gasteiger partial charge < -0.3 is 5.73 Å². The highest BCUT2D eigenvalue weighted by Gasteiger charge is 2.43. The average Bonchev–Trinajstić information content (AvgIpc) is 2.63. The molecule has 1 saturated carbocycles. The van der Waals surface area contributed by atoms with Crippen LogP contribution in [0.3, 0.4) is 0 Å². The molecule has 0 saturated heterocycles. The molecule has 5 heteroatoms. The fraction of sp³-hybridized carbons (Fsp3) is 0.625. The molecule has 72 valence electrons. The molecule has 1 aliphatic carbocycles. The standard InChI is InChI=1S/C8H10F2N2S/c1-4-5(6(9)10)13-7(12-4)8(11)2-3-8/h6H,2-3,11H2,1H3. The fourth-order valence-electron chi connectivity index (χ4n) is 1.17. The molecule has 2 rings (SSSR count). The summed E-state index contributed by atoms with van der Waals surface area (Å²) < 4.78 is 24.8. The Morgan fingerprint density at radius 1 is 1.54 bits per heavy atom. The monoisotopic (exact) mass is 204 g/mol. The first kappa shape index (κ1) is 9.02. The summed E-state index contributed by atoms with van der Waals surface area (Å²) in [5, 5.41) is 0.667. The van der Waals surface area contributed by atoms with E-state index in [-0.39, 0.29) is 10.4 Å². The van der Waals surface area contributed by atoms with Crippen LogP contribution in [-0.4, -0.2) is 4.98 Å². The molecule has 0 atom stereocenters. The second-order valence-corrected chi connectivity index (χ2v) is 4.46. The lowest BCUT2D eigenvalue weighted by Crippen LogP contribution is -2.18. The molecule has 2 nitrogen and oxygen atoms in total. The van der Waals surface area contributed by atoms with Crippen LogP contribution in [-0.2, 0) is 5.54 Å². The van der Waals surface area contributed by atoms with Crippen molar-refractivity contribution < 1.29 is 8.78 Å². The molecule has 0 bridgehead atoms. The van der Waals surface area contributed by atoms with Crippen LogP contribution in [0, 0.1) is 6.92 Å². The number of aromatic nitrogens is 1. The van der Waals surface area contributed by atoms with Crippen molar-refractivity contribution in [2.75, 3.05) is 0 Å². The van der Waals surface area contributed by atoms with Crippen LogP contribution in [0.15, 0.2) is 0 Å². The van der Waals surface area contributed by atoms with Gasteiger partial charge in [-0.1, -0.05) is 0 Å². The van der Waals surface area contributed by atoms with Crippen LogP contribution in [0.5, 0.6) is 0 Å². The van der Waals surface area contributed by atoms with Gasteiger partial charge in [-0.25, -0.2) is 13.8 Å². The topological polar surface area (TPSA) is 38.9 Å². The highest BCUT2D eigenvalue weighted by Crippen LogP contribution is 2.46. The Morgan fingerprint density at radius 2 is 2.15 bits per heavy atom. The first-order chi connectivity index (χ1) is 6.03. The number of nitrogens with two attached hydrogens (primary N) is 1. The number of rotatable bonds is 2. The van der Waals surface area contributed by atoms with E-state index in [0.29, 0.717) is 10.7 Å². The van der Waals surface area contributed by atoms with Crippen LogP contribution in [0.25, 0.3) is 0 Å². The van der Waals surface area contributed by atoms with Crippen molar-refractivity contribution in [1.29, 1.82) is 0 Å². The lowest BCUT2D eigenvalue weighted by molar-refractivity contribution is 0.154. The van der Waals surface area contributed by atoms with Crippen molar-refractivity contribution in [3.05, 3.63) is 15.6 Å². The lowest BCUT2D eigenvalue weighted by atomic mass is 10.3. The van der Waals surface area contributed by atoms with Gasteiger partial charge in [-0.15, -0.1) is 11.3 Å². The summed E-state index contributed by atoms with van der Waals surface area (Å²) in [5.41, 5.74) is 5.89. The van der Waals surface area contributed by atoms with Gasteiger partial charge in [-0.2, -0.15) is 0 Å². The summed E-state index contributed by atoms with van der Waals surface area (Å²) in [7, 11) is 0. The highest BCUT2D eigenvalue weighted by atomic mass is 32.1. The molecule has 1 aromatic heterocycles. The maximum atomic E-state index is 12.4. The minimum atomic E-state index is -2.42. The molecular formula is C8H10F2N2S. The van der Waals surface area contributed by atoms with E-state index in [1.54, 1.807) is 6.92 Å². The van der Waals surface area contributed by atoms with Crippen molar-refractivity contribution in [3.8, 4) is 0 Å². The number of nitrogens with zero attached hydrogens (tertiary/aromatic N) is 1. The van der Waals surface area contributed by atoms with Gasteiger partial charge in [0.05, 0.1) is 16.1 Å². The van der Waals surface area contributed by atoms with E-state index in [4.69, 9.17) is 5.73 Å². The average molecular weight is 204 g/mol. The van der Waals surface area contributed by atoms with Gasteiger partial charge in [-0.05, 0) is 19.8 Å². The molecule has 0 aliphatic heterocycles. The van der Waals surface area contributed by atoms with Gasteiger partial charge in [0.15, 0.2) is 0 Å². The maximum absolute atomic E-state index is 12.4. The van der Waals surface area contributed by atoms with Crippen molar-refractivity contribution in [1.82, 2.24) is 4.98 Å². The summed E-state index contributed by atoms with van der Waals surface area (Å²) in [5.74, 6) is 0. The number of hydrogen-bond acceptors (Lipinski definition) is 3. The van der Waals surface area contributed by atoms with Crippen molar-refractivity contribution in [3.63, 3.8) is 0 Å². The van der Waals surface area contributed by atoms with Crippen molar-refractivity contribution in [2.24, 2.45) is 5.73 Å². The zero-order valence-corrected chi connectivity index (χ0v) is 8.00. The Hall–Kier alpha value is -0.550. The van der Waals surface area contributed by atoms with E-state index in [0.717, 1.165) is 24.2 Å². The first-order valence-electron chi connectivity index (χ1n) is 4.08. The van der Waals surface area contributed by atoms with Crippen LogP contribution in [0.2, 0.25) is 0 Å². The van der Waals surface area contributed by atoms with Crippen molar-refractivity contribution >= 4 is 11.3 Å². The van der Waals surface area contributed by atoms with E-state index in [2.05, 4.69) is 4.98 Å². The second kappa shape index (κ2) is 2.72. The highest BCUT2D eigenvalue weighted by molar-refractivity contribution is 7.12. The van der Waals surface area contributed by atoms with Gasteiger partial charge in [0.2, 0.25) is 0 Å². The third kappa shape index (κ3) is 1.46. The summed E-state index contributed by atoms with van der Waals surface area (Å²) in [6.45, 7) is 1.60. The smallest absolute Gasteiger partial charge is 0.274 e. The molecule has 1 fully saturated rings. The fourth-order valence-corrected chi connectivity index (χ4v) is 2.25. The summed E-state index contributed by atoms with van der Waals surface area (Å²) in [4.78, 5) is 4.14. The molecule has 2 N–H and O–H groups in total. The molecule has 0 aromatic carbocycles. The Balaban J connectivity index is 2.35. The summed E-state index contributed by atoms with van der Waals surface area (Å²) in [6.07, 6.45) is -0.695. The summed E-state index contributed by atoms with van der Waals surface area (Å²) in [6, 6.07) is 0. The van der Waals surface area contributed by atoms with E-state index in [1.807, 2.05) is 0 Å². The molecule has 13 heavy (non-hydrogen) atoms. The Morgan fingerprint density at radius 3 is 2.54 bits per heavy atom. The molecular weight excluding hydrogens is 194 g/mol. The first-order valence-corrected chi connectivity index (χ1v) is 4.89. The SMILES string of the molecule is Cc1nc(C2(N)CC2)sc1C(F)F. The van der Waals surface area contributed by atoms with Crippen LogP contribution < -0.4 is 5.73 Å². The lowest BCUT2D eigenvalue weighted by Gasteiger charge is -2.00. The number of thiazole rings is 1. The predicted octanol–water partition coefficient (Wildman–Crippen LogP) is 2.34. The quantitative estimate of drug-likeness (QED) is 0.803. The molecule has 1 aliphatic rings. The Labute approximate surface area is 78.8 Å². The Bertz CT molecular complexity index is 331. The van der Waals surface area contributed by atoms with E-state index >= 15 is 0 Å². The molecule has 0 amide bonds. The van der Waals surface area contributed by atoms with Crippen LogP contribution in [0.4, 0.5) is 8.78 Å².